The molecule has 0 amide bonds. The quantitative estimate of drug-likeness (QED) is 0.876. The first-order valence-electron chi connectivity index (χ1n) is 5.89. The Morgan fingerprint density at radius 1 is 1.24 bits per heavy atom. The smallest absolute Gasteiger partial charge is 0.138 e. The Labute approximate surface area is 110 Å². The summed E-state index contributed by atoms with van der Waals surface area (Å²) in [6, 6.07) is 4.16. The van der Waals surface area contributed by atoms with E-state index in [1.54, 1.807) is 0 Å². The molecule has 1 atom stereocenters. The summed E-state index contributed by atoms with van der Waals surface area (Å²) in [5, 5.41) is 1.16. The number of rotatable bonds is 2. The normalized spacial score (nSPS) is 13.6. The van der Waals surface area contributed by atoms with Crippen LogP contribution < -0.4 is 5.73 Å². The fourth-order valence-corrected chi connectivity index (χ4v) is 2.67. The molecule has 0 fully saturated rings. The minimum atomic E-state index is -0.0683. The number of hydrogen-bond donors (Lipinski definition) is 1. The van der Waals surface area contributed by atoms with Crippen LogP contribution in [0.15, 0.2) is 21.0 Å². The first-order chi connectivity index (χ1) is 7.91. The van der Waals surface area contributed by atoms with Gasteiger partial charge in [0.25, 0.3) is 0 Å². The molecule has 0 radical (unpaired) electrons. The minimum Gasteiger partial charge on any atom is -0.459 e. The van der Waals surface area contributed by atoms with E-state index in [1.165, 1.54) is 5.56 Å². The summed E-state index contributed by atoms with van der Waals surface area (Å²) in [6.45, 7) is 8.37. The van der Waals surface area contributed by atoms with Crippen molar-refractivity contribution in [2.45, 2.75) is 39.7 Å². The fourth-order valence-electron chi connectivity index (χ4n) is 2.19. The first-order valence-corrected chi connectivity index (χ1v) is 6.69. The maximum atomic E-state index is 5.96. The van der Waals surface area contributed by atoms with Gasteiger partial charge >= 0.3 is 0 Å². The third-order valence-electron chi connectivity index (χ3n) is 3.10. The van der Waals surface area contributed by atoms with Crippen molar-refractivity contribution >= 4 is 26.9 Å². The second-order valence-electron chi connectivity index (χ2n) is 4.91. The third-order valence-corrected chi connectivity index (χ3v) is 3.56. The highest BCUT2D eigenvalue weighted by Crippen LogP contribution is 2.36. The topological polar surface area (TPSA) is 39.2 Å². The van der Waals surface area contributed by atoms with E-state index in [0.29, 0.717) is 5.92 Å². The average Bonchev–Trinajstić information content (AvgIpc) is 2.55. The Balaban J connectivity index is 2.81. The lowest BCUT2D eigenvalue weighted by atomic mass is 10.00. The summed E-state index contributed by atoms with van der Waals surface area (Å²) < 4.78 is 7.05. The predicted octanol–water partition coefficient (Wildman–Crippen LogP) is 4.65. The molecule has 0 aliphatic carbocycles. The largest absolute Gasteiger partial charge is 0.459 e. The maximum Gasteiger partial charge on any atom is 0.138 e. The molecule has 2 rings (SSSR count). The molecule has 2 aromatic rings. The Morgan fingerprint density at radius 2 is 1.88 bits per heavy atom. The van der Waals surface area contributed by atoms with Gasteiger partial charge in [-0.1, -0.05) is 29.8 Å². The van der Waals surface area contributed by atoms with Crippen LogP contribution in [0.2, 0.25) is 0 Å². The molecule has 17 heavy (non-hydrogen) atoms. The summed E-state index contributed by atoms with van der Waals surface area (Å²) in [7, 11) is 0. The summed E-state index contributed by atoms with van der Waals surface area (Å²) in [4.78, 5) is 0. The Bertz CT molecular complexity index is 555. The Hall–Kier alpha value is -0.800. The number of aryl methyl sites for hydroxylation is 1. The highest BCUT2D eigenvalue weighted by Gasteiger charge is 2.18. The van der Waals surface area contributed by atoms with Gasteiger partial charge in [-0.2, -0.15) is 0 Å². The minimum absolute atomic E-state index is 0.0683. The maximum absolute atomic E-state index is 5.96. The fraction of sp³-hybridized carbons (Fsp3) is 0.429. The van der Waals surface area contributed by atoms with E-state index in [4.69, 9.17) is 10.2 Å². The van der Waals surface area contributed by atoms with E-state index in [9.17, 15) is 0 Å². The highest BCUT2D eigenvalue weighted by molar-refractivity contribution is 9.10. The molecule has 1 aromatic carbocycles. The van der Waals surface area contributed by atoms with E-state index >= 15 is 0 Å². The zero-order chi connectivity index (χ0) is 12.7. The number of nitrogens with two attached hydrogens (primary N) is 1. The van der Waals surface area contributed by atoms with Crippen LogP contribution in [-0.4, -0.2) is 0 Å². The number of benzene rings is 1. The van der Waals surface area contributed by atoms with Gasteiger partial charge in [-0.25, -0.2) is 0 Å². The molecular weight excluding hydrogens is 278 g/mol. The lowest BCUT2D eigenvalue weighted by Crippen LogP contribution is -2.04. The summed E-state index contributed by atoms with van der Waals surface area (Å²) in [6.07, 6.45) is 0. The molecule has 2 N–H and O–H groups in total. The highest BCUT2D eigenvalue weighted by atomic mass is 79.9. The molecule has 0 spiro atoms. The predicted molar refractivity (Wildman–Crippen MR) is 75.3 cm³/mol. The molecule has 1 unspecified atom stereocenters. The average molecular weight is 296 g/mol. The van der Waals surface area contributed by atoms with Crippen molar-refractivity contribution in [3.05, 3.63) is 33.5 Å². The van der Waals surface area contributed by atoms with Crippen molar-refractivity contribution in [1.82, 2.24) is 0 Å². The van der Waals surface area contributed by atoms with Crippen LogP contribution in [-0.2, 0) is 0 Å². The van der Waals surface area contributed by atoms with Crippen molar-refractivity contribution in [3.8, 4) is 0 Å². The second kappa shape index (κ2) is 4.46. The van der Waals surface area contributed by atoms with Gasteiger partial charge in [0.15, 0.2) is 0 Å². The summed E-state index contributed by atoms with van der Waals surface area (Å²) in [5.41, 5.74) is 9.29. The third kappa shape index (κ3) is 2.14. The van der Waals surface area contributed by atoms with Gasteiger partial charge in [-0.3, -0.25) is 0 Å². The van der Waals surface area contributed by atoms with Crippen molar-refractivity contribution in [3.63, 3.8) is 0 Å². The van der Waals surface area contributed by atoms with Crippen LogP contribution in [0.5, 0.6) is 0 Å². The van der Waals surface area contributed by atoms with Gasteiger partial charge in [0.05, 0.1) is 6.04 Å². The zero-order valence-electron chi connectivity index (χ0n) is 10.7. The first kappa shape index (κ1) is 12.7. The summed E-state index contributed by atoms with van der Waals surface area (Å²) >= 11 is 3.56. The number of hydrogen-bond acceptors (Lipinski definition) is 2. The Morgan fingerprint density at radius 3 is 2.41 bits per heavy atom. The van der Waals surface area contributed by atoms with Crippen molar-refractivity contribution in [1.29, 1.82) is 0 Å². The van der Waals surface area contributed by atoms with Crippen molar-refractivity contribution in [2.75, 3.05) is 0 Å². The monoisotopic (exact) mass is 295 g/mol. The van der Waals surface area contributed by atoms with Gasteiger partial charge in [-0.05, 0) is 37.5 Å². The van der Waals surface area contributed by atoms with E-state index < -0.39 is 0 Å². The van der Waals surface area contributed by atoms with Crippen molar-refractivity contribution in [2.24, 2.45) is 5.73 Å². The number of fused-ring (bicyclic) bond motifs is 1. The van der Waals surface area contributed by atoms with Crippen LogP contribution in [0.1, 0.15) is 49.6 Å². The SMILES string of the molecule is Cc1c(C(C)N)oc2c(C(C)C)cc(Br)cc12. The van der Waals surface area contributed by atoms with Gasteiger partial charge in [-0.15, -0.1) is 0 Å². The molecule has 92 valence electrons. The molecule has 1 aromatic heterocycles. The molecule has 0 saturated heterocycles. The van der Waals surface area contributed by atoms with Gasteiger partial charge < -0.3 is 10.2 Å². The van der Waals surface area contributed by atoms with Crippen LogP contribution >= 0.6 is 15.9 Å². The van der Waals surface area contributed by atoms with Crippen LogP contribution in [0.25, 0.3) is 11.0 Å². The molecule has 0 aliphatic heterocycles. The van der Waals surface area contributed by atoms with Gasteiger partial charge in [0, 0.05) is 15.4 Å². The lowest BCUT2D eigenvalue weighted by molar-refractivity contribution is 0.505. The van der Waals surface area contributed by atoms with Crippen molar-refractivity contribution < 1.29 is 4.42 Å². The van der Waals surface area contributed by atoms with Crippen LogP contribution in [0, 0.1) is 6.92 Å². The van der Waals surface area contributed by atoms with E-state index in [1.807, 2.05) is 6.92 Å². The summed E-state index contributed by atoms with van der Waals surface area (Å²) in [5.74, 6) is 1.32. The van der Waals surface area contributed by atoms with E-state index in [0.717, 1.165) is 26.8 Å². The van der Waals surface area contributed by atoms with Crippen LogP contribution in [0.3, 0.4) is 0 Å². The molecule has 1 heterocycles. The molecule has 0 bridgehead atoms. The Kier molecular flexibility index (Phi) is 3.32. The standard InChI is InChI=1S/C14H18BrNO/c1-7(2)11-5-10(15)6-12-8(3)13(9(4)16)17-14(11)12/h5-7,9H,16H2,1-4H3. The molecule has 0 saturated carbocycles. The molecule has 2 nitrogen and oxygen atoms in total. The van der Waals surface area contributed by atoms with Gasteiger partial charge in [0.2, 0.25) is 0 Å². The molecular formula is C14H18BrNO. The second-order valence-corrected chi connectivity index (χ2v) is 5.82. The van der Waals surface area contributed by atoms with E-state index in [-0.39, 0.29) is 6.04 Å². The number of furan rings is 1. The molecule has 0 aliphatic rings. The lowest BCUT2D eigenvalue weighted by Gasteiger charge is -2.06. The number of halogens is 1. The molecule has 3 heteroatoms. The van der Waals surface area contributed by atoms with E-state index in [2.05, 4.69) is 48.8 Å². The van der Waals surface area contributed by atoms with Gasteiger partial charge in [0.1, 0.15) is 11.3 Å². The zero-order valence-corrected chi connectivity index (χ0v) is 12.3. The van der Waals surface area contributed by atoms with Crippen LogP contribution in [0.4, 0.5) is 0 Å².